The smallest absolute Gasteiger partial charge is 0.226 e. The Morgan fingerprint density at radius 1 is 1.05 bits per heavy atom. The van der Waals surface area contributed by atoms with Gasteiger partial charge in [0.15, 0.2) is 0 Å². The van der Waals surface area contributed by atoms with Crippen LogP contribution in [0, 0.1) is 5.92 Å². The number of hydrogen-bond acceptors (Lipinski definition) is 3. The van der Waals surface area contributed by atoms with E-state index in [1.54, 1.807) is 23.8 Å². The molecule has 2 rings (SSSR count). The molecule has 2 fully saturated rings. The lowest BCUT2D eigenvalue weighted by atomic mass is 9.95. The van der Waals surface area contributed by atoms with Crippen LogP contribution < -0.4 is 0 Å². The average molecular weight is 281 g/mol. The van der Waals surface area contributed by atoms with Crippen LogP contribution in [0.4, 0.5) is 0 Å². The highest BCUT2D eigenvalue weighted by atomic mass is 16.2. The molecule has 0 bridgehead atoms. The number of carbonyl (C=O) groups excluding carboxylic acids is 3. The SMILES string of the molecule is CC(=O)N1CCCN(C(=O)[C@H]2CCN(C)C(=O)C2)CC1. The molecule has 2 aliphatic heterocycles. The highest BCUT2D eigenvalue weighted by Gasteiger charge is 2.32. The van der Waals surface area contributed by atoms with Crippen molar-refractivity contribution >= 4 is 17.7 Å². The van der Waals surface area contributed by atoms with Crippen molar-refractivity contribution in [3.8, 4) is 0 Å². The quantitative estimate of drug-likeness (QED) is 0.676. The summed E-state index contributed by atoms with van der Waals surface area (Å²) in [6, 6.07) is 0. The van der Waals surface area contributed by atoms with E-state index in [4.69, 9.17) is 0 Å². The highest BCUT2D eigenvalue weighted by Crippen LogP contribution is 2.20. The standard InChI is InChI=1S/C14H23N3O3/c1-11(18)16-5-3-6-17(9-8-16)14(20)12-4-7-15(2)13(19)10-12/h12H,3-10H2,1-2H3/t12-/m0/s1. The van der Waals surface area contributed by atoms with Crippen molar-refractivity contribution in [2.45, 2.75) is 26.2 Å². The summed E-state index contributed by atoms with van der Waals surface area (Å²) in [7, 11) is 1.78. The van der Waals surface area contributed by atoms with Crippen LogP contribution in [-0.2, 0) is 14.4 Å². The summed E-state index contributed by atoms with van der Waals surface area (Å²) >= 11 is 0. The van der Waals surface area contributed by atoms with E-state index in [1.807, 2.05) is 4.90 Å². The van der Waals surface area contributed by atoms with Gasteiger partial charge in [-0.2, -0.15) is 0 Å². The van der Waals surface area contributed by atoms with Crippen molar-refractivity contribution in [2.24, 2.45) is 5.92 Å². The molecule has 2 aliphatic rings. The lowest BCUT2D eigenvalue weighted by Crippen LogP contribution is -2.45. The predicted molar refractivity (Wildman–Crippen MR) is 73.8 cm³/mol. The van der Waals surface area contributed by atoms with Crippen molar-refractivity contribution in [1.29, 1.82) is 0 Å². The maximum Gasteiger partial charge on any atom is 0.226 e. The van der Waals surface area contributed by atoms with Gasteiger partial charge in [-0.05, 0) is 12.8 Å². The zero-order valence-electron chi connectivity index (χ0n) is 12.3. The monoisotopic (exact) mass is 281 g/mol. The number of carbonyl (C=O) groups is 3. The first-order valence-corrected chi connectivity index (χ1v) is 7.27. The van der Waals surface area contributed by atoms with Gasteiger partial charge in [0.2, 0.25) is 17.7 Å². The molecule has 0 spiro atoms. The van der Waals surface area contributed by atoms with Gasteiger partial charge in [-0.25, -0.2) is 0 Å². The number of rotatable bonds is 1. The Labute approximate surface area is 119 Å². The van der Waals surface area contributed by atoms with Crippen LogP contribution in [0.15, 0.2) is 0 Å². The Morgan fingerprint density at radius 2 is 1.70 bits per heavy atom. The summed E-state index contributed by atoms with van der Waals surface area (Å²) in [5.41, 5.74) is 0. The van der Waals surface area contributed by atoms with Gasteiger partial charge in [0.1, 0.15) is 0 Å². The molecule has 2 heterocycles. The minimum absolute atomic E-state index is 0.0507. The van der Waals surface area contributed by atoms with Gasteiger partial charge in [0, 0.05) is 59.0 Å². The average Bonchev–Trinajstić information content (AvgIpc) is 2.67. The molecule has 2 saturated heterocycles. The second kappa shape index (κ2) is 6.24. The molecule has 0 aromatic rings. The van der Waals surface area contributed by atoms with Crippen molar-refractivity contribution in [3.05, 3.63) is 0 Å². The maximum absolute atomic E-state index is 12.5. The van der Waals surface area contributed by atoms with Gasteiger partial charge < -0.3 is 14.7 Å². The van der Waals surface area contributed by atoms with Gasteiger partial charge in [-0.1, -0.05) is 0 Å². The normalized spacial score (nSPS) is 24.6. The summed E-state index contributed by atoms with van der Waals surface area (Å²) in [6.07, 6.45) is 1.88. The molecular weight excluding hydrogens is 258 g/mol. The second-order valence-corrected chi connectivity index (χ2v) is 5.69. The number of amides is 3. The van der Waals surface area contributed by atoms with E-state index in [9.17, 15) is 14.4 Å². The first kappa shape index (κ1) is 14.8. The van der Waals surface area contributed by atoms with Gasteiger partial charge in [0.25, 0.3) is 0 Å². The van der Waals surface area contributed by atoms with E-state index in [0.717, 1.165) is 12.8 Å². The number of likely N-dealkylation sites (tertiary alicyclic amines) is 1. The van der Waals surface area contributed by atoms with Gasteiger partial charge in [-0.15, -0.1) is 0 Å². The minimum Gasteiger partial charge on any atom is -0.346 e. The van der Waals surface area contributed by atoms with Crippen molar-refractivity contribution < 1.29 is 14.4 Å². The molecule has 3 amide bonds. The molecular formula is C14H23N3O3. The molecule has 1 atom stereocenters. The van der Waals surface area contributed by atoms with Gasteiger partial charge in [-0.3, -0.25) is 14.4 Å². The summed E-state index contributed by atoms with van der Waals surface area (Å²) in [5, 5.41) is 0. The van der Waals surface area contributed by atoms with E-state index in [1.165, 1.54) is 0 Å². The molecule has 0 aromatic heterocycles. The molecule has 0 radical (unpaired) electrons. The largest absolute Gasteiger partial charge is 0.346 e. The fourth-order valence-corrected chi connectivity index (χ4v) is 2.86. The van der Waals surface area contributed by atoms with Crippen molar-refractivity contribution in [3.63, 3.8) is 0 Å². The molecule has 0 aromatic carbocycles. The van der Waals surface area contributed by atoms with Gasteiger partial charge >= 0.3 is 0 Å². The fraction of sp³-hybridized carbons (Fsp3) is 0.786. The number of hydrogen-bond donors (Lipinski definition) is 0. The van der Waals surface area contributed by atoms with E-state index in [-0.39, 0.29) is 23.6 Å². The van der Waals surface area contributed by atoms with E-state index in [2.05, 4.69) is 0 Å². The molecule has 0 aliphatic carbocycles. The van der Waals surface area contributed by atoms with Crippen LogP contribution >= 0.6 is 0 Å². The molecule has 6 heteroatoms. The predicted octanol–water partition coefficient (Wildman–Crippen LogP) is -0.0644. The second-order valence-electron chi connectivity index (χ2n) is 5.69. The third-order valence-corrected chi connectivity index (χ3v) is 4.26. The summed E-state index contributed by atoms with van der Waals surface area (Å²) in [6.45, 7) is 4.80. The van der Waals surface area contributed by atoms with E-state index in [0.29, 0.717) is 39.1 Å². The zero-order chi connectivity index (χ0) is 14.7. The van der Waals surface area contributed by atoms with Crippen LogP contribution in [0.25, 0.3) is 0 Å². The van der Waals surface area contributed by atoms with Gasteiger partial charge in [0.05, 0.1) is 0 Å². The molecule has 0 N–H and O–H groups in total. The third kappa shape index (κ3) is 3.29. The molecule has 6 nitrogen and oxygen atoms in total. The Bertz CT molecular complexity index is 410. The molecule has 0 saturated carbocycles. The Kier molecular flexibility index (Phi) is 4.62. The van der Waals surface area contributed by atoms with Crippen LogP contribution in [0.2, 0.25) is 0 Å². The molecule has 20 heavy (non-hydrogen) atoms. The number of nitrogens with zero attached hydrogens (tertiary/aromatic N) is 3. The van der Waals surface area contributed by atoms with Crippen molar-refractivity contribution in [1.82, 2.24) is 14.7 Å². The Morgan fingerprint density at radius 3 is 2.35 bits per heavy atom. The molecule has 0 unspecified atom stereocenters. The molecule has 112 valence electrons. The minimum atomic E-state index is -0.178. The van der Waals surface area contributed by atoms with Crippen LogP contribution in [-0.4, -0.2) is 72.2 Å². The van der Waals surface area contributed by atoms with Crippen LogP contribution in [0.1, 0.15) is 26.2 Å². The third-order valence-electron chi connectivity index (χ3n) is 4.26. The van der Waals surface area contributed by atoms with Crippen LogP contribution in [0.3, 0.4) is 0 Å². The number of piperidine rings is 1. The maximum atomic E-state index is 12.5. The van der Waals surface area contributed by atoms with Crippen molar-refractivity contribution in [2.75, 3.05) is 39.8 Å². The lowest BCUT2D eigenvalue weighted by Gasteiger charge is -2.31. The Hall–Kier alpha value is -1.59. The highest BCUT2D eigenvalue weighted by molar-refractivity contribution is 5.87. The first-order valence-electron chi connectivity index (χ1n) is 7.27. The zero-order valence-corrected chi connectivity index (χ0v) is 12.3. The van der Waals surface area contributed by atoms with E-state index < -0.39 is 0 Å². The summed E-state index contributed by atoms with van der Waals surface area (Å²) in [5.74, 6) is 0.0167. The summed E-state index contributed by atoms with van der Waals surface area (Å²) in [4.78, 5) is 40.9. The van der Waals surface area contributed by atoms with Crippen LogP contribution in [0.5, 0.6) is 0 Å². The lowest BCUT2D eigenvalue weighted by molar-refractivity contribution is -0.144. The fourth-order valence-electron chi connectivity index (χ4n) is 2.86. The summed E-state index contributed by atoms with van der Waals surface area (Å²) < 4.78 is 0. The Balaban J connectivity index is 1.92. The van der Waals surface area contributed by atoms with E-state index >= 15 is 0 Å². The first-order chi connectivity index (χ1) is 9.49. The topological polar surface area (TPSA) is 60.9 Å².